The standard InChI is InChI=1S/C21H21BrO/c1-20-13-16(22)21(2,19(20)23)18(15-11-7-4-8-12-15)17(20)14-9-5-3-6-10-14/h3-12,16,19,23H,13H2,1-2H3/t16-,19-,20-,21+/m1/s1. The number of benzene rings is 2. The van der Waals surface area contributed by atoms with Gasteiger partial charge in [0, 0.05) is 15.7 Å². The van der Waals surface area contributed by atoms with E-state index in [9.17, 15) is 5.11 Å². The highest BCUT2D eigenvalue weighted by atomic mass is 79.9. The van der Waals surface area contributed by atoms with Crippen LogP contribution in [0.15, 0.2) is 60.7 Å². The van der Waals surface area contributed by atoms with Crippen molar-refractivity contribution in [2.45, 2.75) is 31.2 Å². The Morgan fingerprint density at radius 1 is 0.870 bits per heavy atom. The number of halogens is 1. The van der Waals surface area contributed by atoms with E-state index < -0.39 is 0 Å². The molecular formula is C21H21BrO. The quantitative estimate of drug-likeness (QED) is 0.726. The fourth-order valence-electron chi connectivity index (χ4n) is 4.76. The molecule has 0 saturated heterocycles. The molecule has 0 aliphatic heterocycles. The molecule has 118 valence electrons. The monoisotopic (exact) mass is 368 g/mol. The van der Waals surface area contributed by atoms with Crippen molar-refractivity contribution in [3.8, 4) is 0 Å². The van der Waals surface area contributed by atoms with E-state index in [1.807, 2.05) is 12.1 Å². The van der Waals surface area contributed by atoms with Crippen LogP contribution in [-0.2, 0) is 0 Å². The first-order valence-electron chi connectivity index (χ1n) is 8.18. The summed E-state index contributed by atoms with van der Waals surface area (Å²) in [7, 11) is 0. The van der Waals surface area contributed by atoms with E-state index in [0.29, 0.717) is 0 Å². The van der Waals surface area contributed by atoms with Crippen molar-refractivity contribution in [2.75, 3.05) is 0 Å². The van der Waals surface area contributed by atoms with Gasteiger partial charge in [-0.15, -0.1) is 0 Å². The number of aliphatic hydroxyl groups is 1. The molecule has 0 amide bonds. The minimum absolute atomic E-state index is 0.213. The Morgan fingerprint density at radius 2 is 1.35 bits per heavy atom. The summed E-state index contributed by atoms with van der Waals surface area (Å²) in [5.74, 6) is 0. The predicted octanol–water partition coefficient (Wildman–Crippen LogP) is 5.15. The largest absolute Gasteiger partial charge is 0.391 e. The molecule has 2 aromatic rings. The second kappa shape index (κ2) is 5.06. The third-order valence-corrected chi connectivity index (χ3v) is 7.19. The van der Waals surface area contributed by atoms with Crippen molar-refractivity contribution in [3.05, 3.63) is 71.8 Å². The maximum absolute atomic E-state index is 11.2. The van der Waals surface area contributed by atoms with Crippen molar-refractivity contribution >= 4 is 27.1 Å². The summed E-state index contributed by atoms with van der Waals surface area (Å²) in [5, 5.41) is 11.2. The molecule has 0 aromatic heterocycles. The number of aliphatic hydroxyl groups excluding tert-OH is 1. The summed E-state index contributed by atoms with van der Waals surface area (Å²) in [6.07, 6.45) is 0.593. The molecule has 2 aromatic carbocycles. The van der Waals surface area contributed by atoms with Crippen molar-refractivity contribution in [3.63, 3.8) is 0 Å². The molecule has 2 aliphatic carbocycles. The van der Waals surface area contributed by atoms with Crippen LogP contribution in [-0.4, -0.2) is 16.0 Å². The van der Waals surface area contributed by atoms with E-state index >= 15 is 0 Å². The second-order valence-corrected chi connectivity index (χ2v) is 8.36. The third-order valence-electron chi connectivity index (χ3n) is 5.91. The Morgan fingerprint density at radius 3 is 1.87 bits per heavy atom. The van der Waals surface area contributed by atoms with Crippen LogP contribution in [0.5, 0.6) is 0 Å². The lowest BCUT2D eigenvalue weighted by molar-refractivity contribution is 0.0591. The lowest BCUT2D eigenvalue weighted by atomic mass is 9.73. The number of hydrogen-bond acceptors (Lipinski definition) is 1. The van der Waals surface area contributed by atoms with E-state index in [1.54, 1.807) is 0 Å². The fraction of sp³-hybridized carbons (Fsp3) is 0.333. The number of hydrogen-bond donors (Lipinski definition) is 1. The Hall–Kier alpha value is -1.38. The molecule has 0 spiro atoms. The molecule has 0 unspecified atom stereocenters. The average Bonchev–Trinajstić information content (AvgIpc) is 2.86. The number of fused-ring (bicyclic) bond motifs is 2. The maximum atomic E-state index is 11.2. The van der Waals surface area contributed by atoms with Gasteiger partial charge in [0.2, 0.25) is 0 Å². The van der Waals surface area contributed by atoms with Gasteiger partial charge >= 0.3 is 0 Å². The molecule has 4 rings (SSSR count). The summed E-state index contributed by atoms with van der Waals surface area (Å²) in [6, 6.07) is 21.1. The van der Waals surface area contributed by atoms with Gasteiger partial charge in [-0.25, -0.2) is 0 Å². The normalized spacial score (nSPS) is 35.8. The lowest BCUT2D eigenvalue weighted by Gasteiger charge is -2.34. The summed E-state index contributed by atoms with van der Waals surface area (Å²) < 4.78 is 0. The van der Waals surface area contributed by atoms with Gasteiger partial charge in [-0.3, -0.25) is 0 Å². The van der Waals surface area contributed by atoms with Crippen LogP contribution in [0.4, 0.5) is 0 Å². The van der Waals surface area contributed by atoms with Gasteiger partial charge in [0.15, 0.2) is 0 Å². The molecule has 1 N–H and O–H groups in total. The van der Waals surface area contributed by atoms with Crippen LogP contribution >= 0.6 is 15.9 Å². The molecule has 1 nitrogen and oxygen atoms in total. The van der Waals surface area contributed by atoms with Gasteiger partial charge < -0.3 is 5.11 Å². The summed E-state index contributed by atoms with van der Waals surface area (Å²) >= 11 is 3.87. The number of rotatable bonds is 2. The summed E-state index contributed by atoms with van der Waals surface area (Å²) in [4.78, 5) is 0.290. The first-order chi connectivity index (χ1) is 11.0. The highest BCUT2D eigenvalue weighted by molar-refractivity contribution is 9.09. The van der Waals surface area contributed by atoms with Gasteiger partial charge in [-0.05, 0) is 28.7 Å². The zero-order valence-electron chi connectivity index (χ0n) is 13.5. The van der Waals surface area contributed by atoms with Crippen LogP contribution in [0.1, 0.15) is 31.4 Å². The number of alkyl halides is 1. The summed E-state index contributed by atoms with van der Waals surface area (Å²) in [5.41, 5.74) is 4.59. The zero-order valence-corrected chi connectivity index (χ0v) is 15.0. The van der Waals surface area contributed by atoms with Crippen LogP contribution < -0.4 is 0 Å². The van der Waals surface area contributed by atoms with Gasteiger partial charge in [0.1, 0.15) is 0 Å². The second-order valence-electron chi connectivity index (χ2n) is 7.26. The Balaban J connectivity index is 2.06. The van der Waals surface area contributed by atoms with E-state index in [-0.39, 0.29) is 21.8 Å². The van der Waals surface area contributed by atoms with Crippen molar-refractivity contribution in [1.82, 2.24) is 0 Å². The fourth-order valence-corrected chi connectivity index (χ4v) is 5.91. The highest BCUT2D eigenvalue weighted by Crippen LogP contribution is 2.70. The minimum atomic E-state index is -0.371. The van der Waals surface area contributed by atoms with Crippen LogP contribution in [0, 0.1) is 10.8 Å². The van der Waals surface area contributed by atoms with E-state index in [1.165, 1.54) is 22.3 Å². The minimum Gasteiger partial charge on any atom is -0.391 e. The van der Waals surface area contributed by atoms with E-state index in [0.717, 1.165) is 6.42 Å². The van der Waals surface area contributed by atoms with Crippen LogP contribution in [0.2, 0.25) is 0 Å². The van der Waals surface area contributed by atoms with Gasteiger partial charge in [0.05, 0.1) is 6.10 Å². The lowest BCUT2D eigenvalue weighted by Crippen LogP contribution is -2.34. The molecule has 2 heteroatoms. The molecule has 0 heterocycles. The molecule has 2 aliphatic rings. The molecule has 23 heavy (non-hydrogen) atoms. The first-order valence-corrected chi connectivity index (χ1v) is 9.09. The molecule has 2 bridgehead atoms. The third kappa shape index (κ3) is 1.88. The van der Waals surface area contributed by atoms with Crippen molar-refractivity contribution < 1.29 is 5.11 Å². The van der Waals surface area contributed by atoms with E-state index in [2.05, 4.69) is 78.3 Å². The van der Waals surface area contributed by atoms with E-state index in [4.69, 9.17) is 0 Å². The Labute approximate surface area is 146 Å². The average molecular weight is 369 g/mol. The van der Waals surface area contributed by atoms with Crippen molar-refractivity contribution in [2.24, 2.45) is 10.8 Å². The Bertz CT molecular complexity index is 767. The van der Waals surface area contributed by atoms with Gasteiger partial charge in [0.25, 0.3) is 0 Å². The molecule has 4 atom stereocenters. The predicted molar refractivity (Wildman–Crippen MR) is 99.3 cm³/mol. The zero-order chi connectivity index (χ0) is 16.2. The van der Waals surface area contributed by atoms with Gasteiger partial charge in [-0.2, -0.15) is 0 Å². The molecular weight excluding hydrogens is 348 g/mol. The first kappa shape index (κ1) is 15.2. The molecule has 1 saturated carbocycles. The molecule has 1 fully saturated rings. The van der Waals surface area contributed by atoms with Gasteiger partial charge in [-0.1, -0.05) is 90.4 Å². The smallest absolute Gasteiger partial charge is 0.0739 e. The molecule has 0 radical (unpaired) electrons. The van der Waals surface area contributed by atoms with Crippen LogP contribution in [0.25, 0.3) is 11.1 Å². The highest BCUT2D eigenvalue weighted by Gasteiger charge is 2.66. The SMILES string of the molecule is C[C@@]12C(c3ccccc3)=C(c3ccccc3)[C@@](C)(C[C@H]1Br)[C@H]2O. The topological polar surface area (TPSA) is 20.2 Å². The van der Waals surface area contributed by atoms with Crippen molar-refractivity contribution in [1.29, 1.82) is 0 Å². The van der Waals surface area contributed by atoms with Crippen LogP contribution in [0.3, 0.4) is 0 Å². The maximum Gasteiger partial charge on any atom is 0.0739 e. The Kier molecular flexibility index (Phi) is 3.33. The summed E-state index contributed by atoms with van der Waals surface area (Å²) in [6.45, 7) is 4.43.